The van der Waals surface area contributed by atoms with Crippen molar-refractivity contribution < 1.29 is 29.2 Å². The van der Waals surface area contributed by atoms with Gasteiger partial charge in [-0.25, -0.2) is 0 Å². The van der Waals surface area contributed by atoms with Crippen molar-refractivity contribution >= 4 is 44.8 Å². The van der Waals surface area contributed by atoms with Crippen LogP contribution in [0.3, 0.4) is 0 Å². The number of benzene rings is 4. The fourth-order valence-electron chi connectivity index (χ4n) is 7.84. The Labute approximate surface area is 335 Å². The zero-order valence-electron chi connectivity index (χ0n) is 31.5. The van der Waals surface area contributed by atoms with Crippen LogP contribution in [0.15, 0.2) is 116 Å². The molecule has 1 saturated carbocycles. The third-order valence-corrected chi connectivity index (χ3v) is 13.8. The van der Waals surface area contributed by atoms with E-state index in [1.807, 2.05) is 34.2 Å². The molecule has 0 saturated heterocycles. The zero-order chi connectivity index (χ0) is 36.6. The summed E-state index contributed by atoms with van der Waals surface area (Å²) in [6.07, 6.45) is 11.1. The SMILES string of the molecule is [CH2-]c1cc(C)ccc1-c1cc(CC2CCCC2)c([Si](C)(C)C)c[n+]1[CH2-].[CH2-]c1cc2sc3cc(-c4ccccc4)ccc3c2cc1-c1cccc[n+]1[CH2-].[Ir]. The van der Waals surface area contributed by atoms with Gasteiger partial charge in [0.2, 0.25) is 0 Å². The molecule has 0 bridgehead atoms. The van der Waals surface area contributed by atoms with Gasteiger partial charge in [-0.1, -0.05) is 131 Å². The molecule has 1 aliphatic rings. The minimum atomic E-state index is -1.40. The quantitative estimate of drug-likeness (QED) is 0.0892. The summed E-state index contributed by atoms with van der Waals surface area (Å²) in [4.78, 5) is 0. The van der Waals surface area contributed by atoms with Crippen molar-refractivity contribution in [1.29, 1.82) is 0 Å². The van der Waals surface area contributed by atoms with E-state index in [9.17, 15) is 0 Å². The van der Waals surface area contributed by atoms with E-state index in [-0.39, 0.29) is 20.1 Å². The van der Waals surface area contributed by atoms with Crippen molar-refractivity contribution in [2.45, 2.75) is 58.7 Å². The number of pyridine rings is 2. The Morgan fingerprint density at radius 1 is 0.679 bits per heavy atom. The van der Waals surface area contributed by atoms with Gasteiger partial charge in [-0.2, -0.15) is 31.0 Å². The molecule has 2 nitrogen and oxygen atoms in total. The first-order valence-corrected chi connectivity index (χ1v) is 22.8. The van der Waals surface area contributed by atoms with Crippen LogP contribution < -0.4 is 14.3 Å². The Kier molecular flexibility index (Phi) is 11.6. The first kappa shape index (κ1) is 38.5. The second-order valence-corrected chi connectivity index (χ2v) is 21.7. The molecule has 273 valence electrons. The first-order valence-electron chi connectivity index (χ1n) is 18.5. The Morgan fingerprint density at radius 2 is 1.38 bits per heavy atom. The molecule has 4 aromatic carbocycles. The topological polar surface area (TPSA) is 7.76 Å². The number of nitrogens with zero attached hydrogens (tertiary/aromatic N) is 2. The van der Waals surface area contributed by atoms with E-state index in [2.05, 4.69) is 156 Å². The van der Waals surface area contributed by atoms with E-state index in [0.717, 1.165) is 28.3 Å². The standard InChI is InChI=1S/C25H18NS.C23H32NSi.Ir/c1-17-14-24-22(16-21(17)23-10-6-7-13-26(23)2)20-12-11-19(15-25(20)27-24)18-8-4-3-5-9-18;1-17-11-12-21(18(2)13-17)22-15-20(14-19-9-7-8-10-19)23(16-24(22)3)25(4,5)6;/h3-16H,1-2H2;11-13,15-16,19H,2-3,7-10,14H2,1,4-6H3;/q2*-1;. The van der Waals surface area contributed by atoms with E-state index in [1.165, 1.54) is 80.2 Å². The number of rotatable bonds is 6. The van der Waals surface area contributed by atoms with E-state index in [1.54, 1.807) is 10.8 Å². The predicted octanol–water partition coefficient (Wildman–Crippen LogP) is 11.5. The molecule has 1 fully saturated rings. The zero-order valence-corrected chi connectivity index (χ0v) is 35.8. The minimum absolute atomic E-state index is 0. The molecule has 1 radical (unpaired) electrons. The molecule has 0 amide bonds. The van der Waals surface area contributed by atoms with Crippen LogP contribution in [-0.2, 0) is 26.5 Å². The fraction of sp³-hybridized carbons (Fsp3) is 0.208. The van der Waals surface area contributed by atoms with Gasteiger partial charge in [0.25, 0.3) is 0 Å². The normalized spacial score (nSPS) is 13.1. The molecule has 1 aliphatic carbocycles. The van der Waals surface area contributed by atoms with Crippen LogP contribution in [0.5, 0.6) is 0 Å². The van der Waals surface area contributed by atoms with E-state index < -0.39 is 8.07 Å². The van der Waals surface area contributed by atoms with Gasteiger partial charge in [0.15, 0.2) is 0 Å². The summed E-state index contributed by atoms with van der Waals surface area (Å²) in [6.45, 7) is 18.0. The molecule has 3 aromatic heterocycles. The Hall–Kier alpha value is -4.25. The molecule has 53 heavy (non-hydrogen) atoms. The van der Waals surface area contributed by atoms with Gasteiger partial charge in [-0.05, 0) is 50.2 Å². The van der Waals surface area contributed by atoms with E-state index in [4.69, 9.17) is 0 Å². The Balaban J connectivity index is 0.000000179. The summed E-state index contributed by atoms with van der Waals surface area (Å²) in [5.41, 5.74) is 12.0. The maximum Gasteiger partial charge on any atom is 0.0709 e. The number of hydrogen-bond donors (Lipinski definition) is 0. The van der Waals surface area contributed by atoms with Crippen LogP contribution in [0.25, 0.3) is 53.8 Å². The molecule has 7 aromatic rings. The molecular formula is C48H50IrN2SSi-2. The third-order valence-electron chi connectivity index (χ3n) is 10.6. The van der Waals surface area contributed by atoms with Gasteiger partial charge in [0.05, 0.1) is 31.9 Å². The second kappa shape index (κ2) is 16.0. The summed E-state index contributed by atoms with van der Waals surface area (Å²) in [6, 6.07) is 36.8. The van der Waals surface area contributed by atoms with E-state index in [0.29, 0.717) is 0 Å². The predicted molar refractivity (Wildman–Crippen MR) is 226 cm³/mol. The van der Waals surface area contributed by atoms with Gasteiger partial charge in [-0.3, -0.25) is 0 Å². The molecule has 0 atom stereocenters. The summed E-state index contributed by atoms with van der Waals surface area (Å²) in [5, 5.41) is 4.14. The van der Waals surface area contributed by atoms with Crippen LogP contribution in [0.4, 0.5) is 0 Å². The number of thiophene rings is 1. The first-order chi connectivity index (χ1) is 25.0. The molecule has 3 heterocycles. The van der Waals surface area contributed by atoms with E-state index >= 15 is 0 Å². The average molecular weight is 907 g/mol. The molecule has 0 spiro atoms. The summed E-state index contributed by atoms with van der Waals surface area (Å²) in [5.74, 6) is 0.862. The molecule has 0 aliphatic heterocycles. The molecule has 5 heteroatoms. The second-order valence-electron chi connectivity index (χ2n) is 15.6. The van der Waals surface area contributed by atoms with Crippen LogP contribution >= 0.6 is 11.3 Å². The van der Waals surface area contributed by atoms with Gasteiger partial charge >= 0.3 is 0 Å². The van der Waals surface area contributed by atoms with Crippen molar-refractivity contribution in [2.75, 3.05) is 0 Å². The maximum atomic E-state index is 4.32. The summed E-state index contributed by atoms with van der Waals surface area (Å²) in [7, 11) is 7.02. The molecule has 0 N–H and O–H groups in total. The van der Waals surface area contributed by atoms with Crippen molar-refractivity contribution in [1.82, 2.24) is 0 Å². The van der Waals surface area contributed by atoms with Crippen LogP contribution in [0.1, 0.15) is 47.9 Å². The van der Waals surface area contributed by atoms with Gasteiger partial charge in [-0.15, -0.1) is 46.2 Å². The number of aromatic nitrogens is 2. The number of fused-ring (bicyclic) bond motifs is 3. The van der Waals surface area contributed by atoms with Crippen molar-refractivity contribution in [3.63, 3.8) is 0 Å². The van der Waals surface area contributed by atoms with Gasteiger partial charge < -0.3 is 9.13 Å². The summed E-state index contributed by atoms with van der Waals surface area (Å²) >= 11 is 1.83. The number of hydrogen-bond acceptors (Lipinski definition) is 1. The Morgan fingerprint density at radius 3 is 2.08 bits per heavy atom. The fourth-order valence-corrected chi connectivity index (χ4v) is 10.7. The third kappa shape index (κ3) is 8.30. The van der Waals surface area contributed by atoms with Crippen LogP contribution in [0, 0.1) is 40.8 Å². The average Bonchev–Trinajstić information content (AvgIpc) is 3.76. The molecule has 8 rings (SSSR count). The monoisotopic (exact) mass is 907 g/mol. The molecule has 0 unspecified atom stereocenters. The largest absolute Gasteiger partial charge is 0.343 e. The Bertz CT molecular complexity index is 2380. The van der Waals surface area contributed by atoms with Crippen LogP contribution in [-0.4, -0.2) is 8.07 Å². The summed E-state index contributed by atoms with van der Waals surface area (Å²) < 4.78 is 6.55. The smallest absolute Gasteiger partial charge is 0.0709 e. The minimum Gasteiger partial charge on any atom is -0.343 e. The molecular weight excluding hydrogens is 857 g/mol. The van der Waals surface area contributed by atoms with Crippen molar-refractivity contribution in [2.24, 2.45) is 5.92 Å². The van der Waals surface area contributed by atoms with Crippen molar-refractivity contribution in [3.8, 4) is 33.6 Å². The van der Waals surface area contributed by atoms with Crippen molar-refractivity contribution in [3.05, 3.63) is 166 Å². The number of aryl methyl sites for hydroxylation is 1. The van der Waals surface area contributed by atoms with Gasteiger partial charge in [0, 0.05) is 38.9 Å². The maximum absolute atomic E-state index is 4.32. The van der Waals surface area contributed by atoms with Gasteiger partial charge in [0.1, 0.15) is 0 Å². The van der Waals surface area contributed by atoms with Crippen LogP contribution in [0.2, 0.25) is 19.6 Å².